The molecule has 0 aliphatic carbocycles. The number of nitrogens with zero attached hydrogens (tertiary/aromatic N) is 2. The summed E-state index contributed by atoms with van der Waals surface area (Å²) in [5.41, 5.74) is 6.49. The zero-order valence-corrected chi connectivity index (χ0v) is 9.73. The van der Waals surface area contributed by atoms with Gasteiger partial charge in [0.25, 0.3) is 0 Å². The van der Waals surface area contributed by atoms with E-state index in [0.717, 1.165) is 12.1 Å². The molecule has 5 heteroatoms. The number of anilines is 2. The Morgan fingerprint density at radius 2 is 2.38 bits per heavy atom. The Balaban J connectivity index is 2.55. The van der Waals surface area contributed by atoms with Crippen LogP contribution < -0.4 is 16.0 Å². The molecule has 0 spiro atoms. The van der Waals surface area contributed by atoms with E-state index in [1.54, 1.807) is 17.2 Å². The van der Waals surface area contributed by atoms with Gasteiger partial charge in [-0.3, -0.25) is 4.79 Å². The van der Waals surface area contributed by atoms with Gasteiger partial charge in [0.2, 0.25) is 5.91 Å². The highest BCUT2D eigenvalue weighted by Gasteiger charge is 2.09. The molecule has 0 aliphatic heterocycles. The number of aromatic nitrogens is 1. The molecule has 1 aromatic rings. The van der Waals surface area contributed by atoms with Crippen molar-refractivity contribution in [1.82, 2.24) is 10.3 Å². The number of nitrogens with two attached hydrogens (primary N) is 1. The molecule has 3 N–H and O–H groups in total. The number of amides is 1. The molecule has 5 nitrogen and oxygen atoms in total. The summed E-state index contributed by atoms with van der Waals surface area (Å²) in [4.78, 5) is 17.2. The lowest BCUT2D eigenvalue weighted by molar-refractivity contribution is -0.119. The van der Waals surface area contributed by atoms with E-state index in [9.17, 15) is 4.79 Å². The Kier molecular flexibility index (Phi) is 4.57. The lowest BCUT2D eigenvalue weighted by atomic mass is 10.3. The van der Waals surface area contributed by atoms with Crippen LogP contribution in [0.5, 0.6) is 0 Å². The molecule has 16 heavy (non-hydrogen) atoms. The molecule has 0 bridgehead atoms. The number of likely N-dealkylation sites (N-methyl/N-ethyl adjacent to an activating group) is 1. The normalized spacial score (nSPS) is 9.88. The van der Waals surface area contributed by atoms with Crippen LogP contribution >= 0.6 is 0 Å². The van der Waals surface area contributed by atoms with Crippen LogP contribution in [-0.4, -0.2) is 31.0 Å². The van der Waals surface area contributed by atoms with E-state index < -0.39 is 0 Å². The number of nitrogens with one attached hydrogen (secondary N) is 1. The Morgan fingerprint density at radius 3 is 3.00 bits per heavy atom. The Labute approximate surface area is 95.7 Å². The summed E-state index contributed by atoms with van der Waals surface area (Å²) in [6.07, 6.45) is 2.56. The number of rotatable bonds is 5. The smallest absolute Gasteiger partial charge is 0.239 e. The van der Waals surface area contributed by atoms with E-state index >= 15 is 0 Å². The first kappa shape index (κ1) is 12.3. The van der Waals surface area contributed by atoms with Crippen molar-refractivity contribution in [2.75, 3.05) is 30.8 Å². The zero-order chi connectivity index (χ0) is 12.0. The van der Waals surface area contributed by atoms with Gasteiger partial charge in [-0.25, -0.2) is 4.98 Å². The van der Waals surface area contributed by atoms with Crippen LogP contribution in [0.25, 0.3) is 0 Å². The number of carbonyl (C=O) groups excluding carboxylic acids is 1. The van der Waals surface area contributed by atoms with Crippen molar-refractivity contribution >= 4 is 17.4 Å². The fourth-order valence-electron chi connectivity index (χ4n) is 1.35. The van der Waals surface area contributed by atoms with Crippen molar-refractivity contribution < 1.29 is 4.79 Å². The molecule has 0 radical (unpaired) electrons. The van der Waals surface area contributed by atoms with E-state index in [-0.39, 0.29) is 12.5 Å². The SMILES string of the molecule is CCCNC(=O)CN(C)c1cccnc1N. The van der Waals surface area contributed by atoms with Crippen molar-refractivity contribution in [2.45, 2.75) is 13.3 Å². The third-order valence-electron chi connectivity index (χ3n) is 2.18. The molecule has 1 aromatic heterocycles. The van der Waals surface area contributed by atoms with Crippen LogP contribution in [0.4, 0.5) is 11.5 Å². The van der Waals surface area contributed by atoms with E-state index in [4.69, 9.17) is 5.73 Å². The molecule has 0 saturated carbocycles. The summed E-state index contributed by atoms with van der Waals surface area (Å²) in [6.45, 7) is 3.01. The molecule has 0 atom stereocenters. The van der Waals surface area contributed by atoms with Gasteiger partial charge in [-0.05, 0) is 18.6 Å². The maximum Gasteiger partial charge on any atom is 0.239 e. The third kappa shape index (κ3) is 3.42. The van der Waals surface area contributed by atoms with Gasteiger partial charge >= 0.3 is 0 Å². The summed E-state index contributed by atoms with van der Waals surface area (Å²) in [5.74, 6) is 0.431. The second-order valence-corrected chi connectivity index (χ2v) is 3.61. The molecule has 88 valence electrons. The minimum absolute atomic E-state index is 0.00685. The highest BCUT2D eigenvalue weighted by Crippen LogP contribution is 2.17. The number of hydrogen-bond acceptors (Lipinski definition) is 4. The van der Waals surface area contributed by atoms with Crippen LogP contribution in [0.2, 0.25) is 0 Å². The van der Waals surface area contributed by atoms with Gasteiger partial charge in [0.05, 0.1) is 12.2 Å². The quantitative estimate of drug-likeness (QED) is 0.766. The molecule has 0 unspecified atom stereocenters. The Morgan fingerprint density at radius 1 is 1.62 bits per heavy atom. The van der Waals surface area contributed by atoms with E-state index in [1.807, 2.05) is 20.0 Å². The van der Waals surface area contributed by atoms with Crippen LogP contribution in [0.3, 0.4) is 0 Å². The van der Waals surface area contributed by atoms with Gasteiger partial charge in [0, 0.05) is 19.8 Å². The minimum Gasteiger partial charge on any atom is -0.382 e. The second-order valence-electron chi connectivity index (χ2n) is 3.61. The lowest BCUT2D eigenvalue weighted by Gasteiger charge is -2.19. The van der Waals surface area contributed by atoms with Crippen LogP contribution in [0.15, 0.2) is 18.3 Å². The number of nitrogen functional groups attached to an aromatic ring is 1. The predicted molar refractivity (Wildman–Crippen MR) is 65.2 cm³/mol. The first-order valence-corrected chi connectivity index (χ1v) is 5.33. The summed E-state index contributed by atoms with van der Waals surface area (Å²) in [7, 11) is 1.82. The molecule has 0 aliphatic rings. The summed E-state index contributed by atoms with van der Waals surface area (Å²) in [6, 6.07) is 3.64. The molecule has 1 rings (SSSR count). The maximum atomic E-state index is 11.5. The fraction of sp³-hybridized carbons (Fsp3) is 0.455. The fourth-order valence-corrected chi connectivity index (χ4v) is 1.35. The zero-order valence-electron chi connectivity index (χ0n) is 9.73. The van der Waals surface area contributed by atoms with Crippen LogP contribution in [0.1, 0.15) is 13.3 Å². The first-order chi connectivity index (χ1) is 7.65. The molecule has 1 amide bonds. The second kappa shape index (κ2) is 5.95. The summed E-state index contributed by atoms with van der Waals surface area (Å²) >= 11 is 0. The van der Waals surface area contributed by atoms with Gasteiger partial charge in [-0.1, -0.05) is 6.92 Å². The highest BCUT2D eigenvalue weighted by molar-refractivity contribution is 5.82. The first-order valence-electron chi connectivity index (χ1n) is 5.33. The Hall–Kier alpha value is -1.78. The third-order valence-corrected chi connectivity index (χ3v) is 2.18. The molecule has 0 fully saturated rings. The van der Waals surface area contributed by atoms with Crippen molar-refractivity contribution in [1.29, 1.82) is 0 Å². The molecule has 1 heterocycles. The maximum absolute atomic E-state index is 11.5. The molecular formula is C11H18N4O. The van der Waals surface area contributed by atoms with E-state index in [2.05, 4.69) is 10.3 Å². The van der Waals surface area contributed by atoms with Gasteiger partial charge in [-0.2, -0.15) is 0 Å². The van der Waals surface area contributed by atoms with Crippen LogP contribution in [0, 0.1) is 0 Å². The van der Waals surface area contributed by atoms with E-state index in [1.165, 1.54) is 0 Å². The molecular weight excluding hydrogens is 204 g/mol. The summed E-state index contributed by atoms with van der Waals surface area (Å²) < 4.78 is 0. The van der Waals surface area contributed by atoms with Crippen molar-refractivity contribution in [2.24, 2.45) is 0 Å². The van der Waals surface area contributed by atoms with E-state index in [0.29, 0.717) is 12.4 Å². The number of hydrogen-bond donors (Lipinski definition) is 2. The molecule has 0 aromatic carbocycles. The minimum atomic E-state index is -0.00685. The highest BCUT2D eigenvalue weighted by atomic mass is 16.2. The predicted octanol–water partition coefficient (Wildman–Crippen LogP) is 0.626. The van der Waals surface area contributed by atoms with Gasteiger partial charge in [0.15, 0.2) is 0 Å². The van der Waals surface area contributed by atoms with Crippen molar-refractivity contribution in [3.05, 3.63) is 18.3 Å². The number of carbonyl (C=O) groups is 1. The lowest BCUT2D eigenvalue weighted by Crippen LogP contribution is -2.35. The van der Waals surface area contributed by atoms with Crippen molar-refractivity contribution in [3.8, 4) is 0 Å². The van der Waals surface area contributed by atoms with Gasteiger partial charge < -0.3 is 16.0 Å². The van der Waals surface area contributed by atoms with Crippen LogP contribution in [-0.2, 0) is 4.79 Å². The average molecular weight is 222 g/mol. The van der Waals surface area contributed by atoms with Gasteiger partial charge in [0.1, 0.15) is 5.82 Å². The van der Waals surface area contributed by atoms with Gasteiger partial charge in [-0.15, -0.1) is 0 Å². The molecule has 0 saturated heterocycles. The number of pyridine rings is 1. The monoisotopic (exact) mass is 222 g/mol. The topological polar surface area (TPSA) is 71.2 Å². The average Bonchev–Trinajstić information content (AvgIpc) is 2.26. The van der Waals surface area contributed by atoms with Crippen molar-refractivity contribution in [3.63, 3.8) is 0 Å². The standard InChI is InChI=1S/C11H18N4O/c1-3-6-13-10(16)8-15(2)9-5-4-7-14-11(9)12/h4-5,7H,3,6,8H2,1-2H3,(H2,12,14)(H,13,16). The Bertz CT molecular complexity index is 354. The summed E-state index contributed by atoms with van der Waals surface area (Å²) in [5, 5.41) is 2.81. The largest absolute Gasteiger partial charge is 0.382 e.